The molecule has 2 aromatic heterocycles. The van der Waals surface area contributed by atoms with E-state index in [4.69, 9.17) is 4.74 Å². The normalized spacial score (nSPS) is 10.8. The fourth-order valence-electron chi connectivity index (χ4n) is 2.45. The largest absolute Gasteiger partial charge is 0.495 e. The number of anilines is 1. The third-order valence-corrected chi connectivity index (χ3v) is 5.35. The summed E-state index contributed by atoms with van der Waals surface area (Å²) in [5.74, 6) is 0.336. The van der Waals surface area contributed by atoms with E-state index in [-0.39, 0.29) is 5.91 Å². The number of hydrogen-bond donors (Lipinski definition) is 1. The molecule has 4 rings (SSSR count). The van der Waals surface area contributed by atoms with Gasteiger partial charge in [0.1, 0.15) is 17.1 Å². The van der Waals surface area contributed by atoms with Gasteiger partial charge in [-0.15, -0.1) is 10.2 Å². The summed E-state index contributed by atoms with van der Waals surface area (Å²) in [6, 6.07) is 12.8. The smallest absolute Gasteiger partial charge is 0.256 e. The molecule has 0 aliphatic rings. The first kappa shape index (κ1) is 16.7. The number of carbonyl (C=O) groups is 1. The average molecular weight is 430 g/mol. The molecule has 0 fully saturated rings. The van der Waals surface area contributed by atoms with Gasteiger partial charge in [-0.05, 0) is 46.3 Å². The lowest BCUT2D eigenvalue weighted by atomic mass is 10.1. The second-order valence-corrected chi connectivity index (χ2v) is 7.12. The van der Waals surface area contributed by atoms with Gasteiger partial charge in [0.05, 0.1) is 18.4 Å². The summed E-state index contributed by atoms with van der Waals surface area (Å²) >= 11 is 4.81. The number of amides is 1. The molecule has 0 aliphatic carbocycles. The molecule has 0 aliphatic heterocycles. The Morgan fingerprint density at radius 3 is 2.88 bits per heavy atom. The molecule has 0 spiro atoms. The van der Waals surface area contributed by atoms with Crippen molar-refractivity contribution < 1.29 is 9.53 Å². The number of nitrogens with zero attached hydrogens (tertiary/aromatic N) is 4. The fourth-order valence-corrected chi connectivity index (χ4v) is 3.73. The van der Waals surface area contributed by atoms with Crippen molar-refractivity contribution in [2.75, 3.05) is 12.4 Å². The van der Waals surface area contributed by atoms with Crippen LogP contribution in [0.15, 0.2) is 53.3 Å². The molecule has 0 radical (unpaired) electrons. The molecule has 2 heterocycles. The highest BCUT2D eigenvalue weighted by atomic mass is 79.9. The number of fused-ring (bicyclic) bond motifs is 1. The third kappa shape index (κ3) is 3.06. The lowest BCUT2D eigenvalue weighted by molar-refractivity contribution is 0.102. The van der Waals surface area contributed by atoms with Gasteiger partial charge in [0.25, 0.3) is 5.91 Å². The third-order valence-electron chi connectivity index (χ3n) is 3.70. The minimum Gasteiger partial charge on any atom is -0.495 e. The molecule has 0 saturated carbocycles. The number of aromatic nitrogens is 4. The molecule has 9 heteroatoms. The highest BCUT2D eigenvalue weighted by Gasteiger charge is 2.15. The molecule has 0 unspecified atom stereocenters. The van der Waals surface area contributed by atoms with Gasteiger partial charge >= 0.3 is 0 Å². The van der Waals surface area contributed by atoms with Crippen LogP contribution in [0.3, 0.4) is 0 Å². The van der Waals surface area contributed by atoms with Crippen molar-refractivity contribution in [2.24, 2.45) is 0 Å². The van der Waals surface area contributed by atoms with E-state index in [1.54, 1.807) is 30.1 Å². The number of nitrogens with one attached hydrogen (secondary N) is 1. The van der Waals surface area contributed by atoms with E-state index >= 15 is 0 Å². The Morgan fingerprint density at radius 2 is 2.12 bits per heavy atom. The van der Waals surface area contributed by atoms with Crippen LogP contribution in [0.2, 0.25) is 0 Å². The maximum absolute atomic E-state index is 12.6. The Morgan fingerprint density at radius 1 is 1.27 bits per heavy atom. The van der Waals surface area contributed by atoms with Crippen molar-refractivity contribution in [1.82, 2.24) is 19.8 Å². The van der Waals surface area contributed by atoms with Crippen LogP contribution in [-0.2, 0) is 0 Å². The number of rotatable bonds is 4. The van der Waals surface area contributed by atoms with Gasteiger partial charge in [0.15, 0.2) is 0 Å². The topological polar surface area (TPSA) is 81.4 Å². The van der Waals surface area contributed by atoms with E-state index in [0.717, 1.165) is 15.0 Å². The Kier molecular flexibility index (Phi) is 4.39. The zero-order valence-corrected chi connectivity index (χ0v) is 15.9. The molecule has 4 aromatic rings. The van der Waals surface area contributed by atoms with Gasteiger partial charge in [0.2, 0.25) is 4.96 Å². The molecule has 130 valence electrons. The molecule has 0 bridgehead atoms. The molecule has 26 heavy (non-hydrogen) atoms. The Bertz CT molecular complexity index is 1080. The van der Waals surface area contributed by atoms with Crippen molar-refractivity contribution >= 4 is 43.8 Å². The summed E-state index contributed by atoms with van der Waals surface area (Å²) in [6.45, 7) is 0. The fraction of sp³-hybridized carbons (Fsp3) is 0.0588. The SMILES string of the molecule is COc1ccc(-c2nn3cnnc3s2)cc1NC(=O)c1ccccc1Br. The Hall–Kier alpha value is -2.78. The van der Waals surface area contributed by atoms with Crippen LogP contribution in [0.4, 0.5) is 5.69 Å². The highest BCUT2D eigenvalue weighted by Crippen LogP contribution is 2.33. The van der Waals surface area contributed by atoms with Crippen LogP contribution >= 0.6 is 27.3 Å². The summed E-state index contributed by atoms with van der Waals surface area (Å²) in [5.41, 5.74) is 1.96. The summed E-state index contributed by atoms with van der Waals surface area (Å²) in [7, 11) is 1.56. The molecule has 0 atom stereocenters. The summed E-state index contributed by atoms with van der Waals surface area (Å²) < 4.78 is 7.71. The predicted molar refractivity (Wildman–Crippen MR) is 103 cm³/mol. The number of halogens is 1. The van der Waals surface area contributed by atoms with Crippen LogP contribution in [0.1, 0.15) is 10.4 Å². The van der Waals surface area contributed by atoms with Gasteiger partial charge in [-0.2, -0.15) is 9.61 Å². The summed E-state index contributed by atoms with van der Waals surface area (Å²) in [4.78, 5) is 13.3. The quantitative estimate of drug-likeness (QED) is 0.532. The van der Waals surface area contributed by atoms with E-state index in [1.165, 1.54) is 11.3 Å². The predicted octanol–water partition coefficient (Wildman–Crippen LogP) is 3.88. The van der Waals surface area contributed by atoms with Gasteiger partial charge in [-0.1, -0.05) is 23.5 Å². The lowest BCUT2D eigenvalue weighted by Gasteiger charge is -2.12. The van der Waals surface area contributed by atoms with Gasteiger partial charge in [0, 0.05) is 10.0 Å². The zero-order chi connectivity index (χ0) is 18.1. The van der Waals surface area contributed by atoms with Crippen LogP contribution in [0.25, 0.3) is 15.5 Å². The van der Waals surface area contributed by atoms with Gasteiger partial charge in [-0.25, -0.2) is 0 Å². The number of ether oxygens (including phenoxy) is 1. The average Bonchev–Trinajstić information content (AvgIpc) is 3.24. The van der Waals surface area contributed by atoms with Crippen LogP contribution in [0, 0.1) is 0 Å². The molecule has 0 saturated heterocycles. The van der Waals surface area contributed by atoms with Crippen LogP contribution < -0.4 is 10.1 Å². The van der Waals surface area contributed by atoms with Crippen molar-refractivity contribution in [3.8, 4) is 16.3 Å². The molecular weight excluding hydrogens is 418 g/mol. The first-order chi connectivity index (χ1) is 12.7. The van der Waals surface area contributed by atoms with E-state index in [9.17, 15) is 4.79 Å². The van der Waals surface area contributed by atoms with Crippen molar-refractivity contribution in [3.63, 3.8) is 0 Å². The lowest BCUT2D eigenvalue weighted by Crippen LogP contribution is -2.13. The molecule has 7 nitrogen and oxygen atoms in total. The second kappa shape index (κ2) is 6.85. The standard InChI is InChI=1S/C17H12BrN5O2S/c1-25-14-7-6-10(16-22-23-9-19-21-17(23)26-16)8-13(14)20-15(24)11-4-2-3-5-12(11)18/h2-9H,1H3,(H,20,24). The minimum atomic E-state index is -0.230. The van der Waals surface area contributed by atoms with Gasteiger partial charge < -0.3 is 10.1 Å². The maximum atomic E-state index is 12.6. The maximum Gasteiger partial charge on any atom is 0.256 e. The number of carbonyl (C=O) groups excluding carboxylic acids is 1. The van der Waals surface area contributed by atoms with Crippen LogP contribution in [-0.4, -0.2) is 32.8 Å². The van der Waals surface area contributed by atoms with Crippen molar-refractivity contribution in [2.45, 2.75) is 0 Å². The van der Waals surface area contributed by atoms with Gasteiger partial charge in [-0.3, -0.25) is 4.79 Å². The Labute approximate surface area is 160 Å². The first-order valence-corrected chi connectivity index (χ1v) is 9.18. The van der Waals surface area contributed by atoms with E-state index in [0.29, 0.717) is 22.0 Å². The van der Waals surface area contributed by atoms with Crippen LogP contribution in [0.5, 0.6) is 5.75 Å². The summed E-state index contributed by atoms with van der Waals surface area (Å²) in [6.07, 6.45) is 1.55. The molecule has 1 amide bonds. The number of methoxy groups -OCH3 is 1. The first-order valence-electron chi connectivity index (χ1n) is 7.57. The van der Waals surface area contributed by atoms with E-state index in [1.807, 2.05) is 30.3 Å². The minimum absolute atomic E-state index is 0.230. The highest BCUT2D eigenvalue weighted by molar-refractivity contribution is 9.10. The monoisotopic (exact) mass is 429 g/mol. The second-order valence-electron chi connectivity index (χ2n) is 5.31. The molecule has 2 aromatic carbocycles. The van der Waals surface area contributed by atoms with Crippen molar-refractivity contribution in [1.29, 1.82) is 0 Å². The molecular formula is C17H12BrN5O2S. The Balaban J connectivity index is 1.69. The number of hydrogen-bond acceptors (Lipinski definition) is 6. The molecule has 1 N–H and O–H groups in total. The van der Waals surface area contributed by atoms with E-state index < -0.39 is 0 Å². The van der Waals surface area contributed by atoms with E-state index in [2.05, 4.69) is 36.5 Å². The summed E-state index contributed by atoms with van der Waals surface area (Å²) in [5, 5.41) is 15.9. The van der Waals surface area contributed by atoms with Crippen molar-refractivity contribution in [3.05, 3.63) is 58.8 Å². The zero-order valence-electron chi connectivity index (χ0n) is 13.5. The number of benzene rings is 2.